The molecular weight excluding hydrogens is 338 g/mol. The average molecular weight is 362 g/mol. The maximum Gasteiger partial charge on any atom is 0.251 e. The Bertz CT molecular complexity index is 847. The average Bonchev–Trinajstić information content (AvgIpc) is 3.39. The minimum Gasteiger partial charge on any atom is -0.351 e. The molecule has 132 valence electrons. The smallest absolute Gasteiger partial charge is 0.251 e. The van der Waals surface area contributed by atoms with Crippen molar-refractivity contribution in [2.45, 2.75) is 31.1 Å². The molecule has 0 spiro atoms. The van der Waals surface area contributed by atoms with Gasteiger partial charge in [-0.05, 0) is 58.5 Å². The van der Waals surface area contributed by atoms with E-state index in [1.807, 2.05) is 42.5 Å². The van der Waals surface area contributed by atoms with Gasteiger partial charge in [-0.2, -0.15) is 11.3 Å². The number of hydrogen-bond acceptors (Lipinski definition) is 2. The van der Waals surface area contributed by atoms with Crippen molar-refractivity contribution in [1.29, 1.82) is 0 Å². The zero-order valence-electron chi connectivity index (χ0n) is 14.8. The molecule has 0 radical (unpaired) electrons. The highest BCUT2D eigenvalue weighted by Gasteiger charge is 2.36. The molecule has 4 rings (SSSR count). The van der Waals surface area contributed by atoms with Crippen LogP contribution in [0.25, 0.3) is 11.1 Å². The maximum absolute atomic E-state index is 12.7. The van der Waals surface area contributed by atoms with Gasteiger partial charge in [-0.1, -0.05) is 55.3 Å². The number of thiophene rings is 1. The van der Waals surface area contributed by atoms with Crippen LogP contribution in [0.4, 0.5) is 0 Å². The first kappa shape index (κ1) is 17.0. The molecule has 0 bridgehead atoms. The Labute approximate surface area is 158 Å². The van der Waals surface area contributed by atoms with Gasteiger partial charge in [-0.3, -0.25) is 4.79 Å². The second-order valence-electron chi connectivity index (χ2n) is 7.13. The fraction of sp³-hybridized carbons (Fsp3) is 0.261. The number of hydrogen-bond donors (Lipinski definition) is 1. The molecule has 0 atom stereocenters. The molecular formula is C23H23NOS. The van der Waals surface area contributed by atoms with E-state index in [2.05, 4.69) is 34.3 Å². The van der Waals surface area contributed by atoms with E-state index >= 15 is 0 Å². The van der Waals surface area contributed by atoms with Crippen LogP contribution in [0.2, 0.25) is 0 Å². The molecule has 1 aliphatic rings. The Kier molecular flexibility index (Phi) is 4.89. The monoisotopic (exact) mass is 361 g/mol. The number of nitrogens with one attached hydrogen (secondary N) is 1. The zero-order chi connectivity index (χ0) is 17.8. The molecule has 2 nitrogen and oxygen atoms in total. The summed E-state index contributed by atoms with van der Waals surface area (Å²) in [5.41, 5.74) is 4.54. The summed E-state index contributed by atoms with van der Waals surface area (Å²) in [7, 11) is 0. The lowest BCUT2D eigenvalue weighted by molar-refractivity contribution is 0.0943. The van der Waals surface area contributed by atoms with Crippen molar-refractivity contribution in [1.82, 2.24) is 5.32 Å². The minimum atomic E-state index is 0.0196. The Balaban J connectivity index is 1.45. The predicted molar refractivity (Wildman–Crippen MR) is 109 cm³/mol. The SMILES string of the molecule is O=C(NCC1(c2ccsc2)CCCC1)c1ccc(-c2ccccc2)cc1. The van der Waals surface area contributed by atoms with Crippen LogP contribution in [0.3, 0.4) is 0 Å². The van der Waals surface area contributed by atoms with Gasteiger partial charge in [0.2, 0.25) is 0 Å². The summed E-state index contributed by atoms with van der Waals surface area (Å²) in [6.45, 7) is 0.725. The van der Waals surface area contributed by atoms with E-state index in [0.29, 0.717) is 0 Å². The summed E-state index contributed by atoms with van der Waals surface area (Å²) in [6, 6.07) is 20.3. The highest BCUT2D eigenvalue weighted by atomic mass is 32.1. The Hall–Kier alpha value is -2.39. The third kappa shape index (κ3) is 3.45. The number of rotatable bonds is 5. The summed E-state index contributed by atoms with van der Waals surface area (Å²) in [6.07, 6.45) is 4.82. The van der Waals surface area contributed by atoms with Crippen LogP contribution in [0.5, 0.6) is 0 Å². The van der Waals surface area contributed by atoms with E-state index in [0.717, 1.165) is 30.5 Å². The van der Waals surface area contributed by atoms with E-state index in [9.17, 15) is 4.79 Å². The highest BCUT2D eigenvalue weighted by Crippen LogP contribution is 2.41. The van der Waals surface area contributed by atoms with Gasteiger partial charge in [-0.25, -0.2) is 0 Å². The summed E-state index contributed by atoms with van der Waals surface area (Å²) in [5, 5.41) is 7.58. The predicted octanol–water partition coefficient (Wildman–Crippen LogP) is 5.66. The second kappa shape index (κ2) is 7.46. The van der Waals surface area contributed by atoms with Gasteiger partial charge in [-0.15, -0.1) is 0 Å². The number of carbonyl (C=O) groups excluding carboxylic acids is 1. The van der Waals surface area contributed by atoms with Crippen molar-refractivity contribution in [3.8, 4) is 11.1 Å². The van der Waals surface area contributed by atoms with Crippen LogP contribution in [-0.2, 0) is 5.41 Å². The third-order valence-corrected chi connectivity index (χ3v) is 6.22. The fourth-order valence-electron chi connectivity index (χ4n) is 3.98. The molecule has 0 saturated heterocycles. The topological polar surface area (TPSA) is 29.1 Å². The largest absolute Gasteiger partial charge is 0.351 e. The van der Waals surface area contributed by atoms with E-state index in [1.54, 1.807) is 11.3 Å². The van der Waals surface area contributed by atoms with Crippen molar-refractivity contribution in [2.24, 2.45) is 0 Å². The van der Waals surface area contributed by atoms with E-state index in [1.165, 1.54) is 24.0 Å². The lowest BCUT2D eigenvalue weighted by atomic mass is 9.80. The number of carbonyl (C=O) groups is 1. The molecule has 1 aliphatic carbocycles. The molecule has 1 aromatic heterocycles. The summed E-state index contributed by atoms with van der Waals surface area (Å²) < 4.78 is 0. The summed E-state index contributed by atoms with van der Waals surface area (Å²) >= 11 is 1.74. The van der Waals surface area contributed by atoms with E-state index < -0.39 is 0 Å². The molecule has 3 aromatic rings. The zero-order valence-corrected chi connectivity index (χ0v) is 15.6. The Morgan fingerprint density at radius 2 is 1.62 bits per heavy atom. The van der Waals surface area contributed by atoms with Crippen molar-refractivity contribution in [2.75, 3.05) is 6.54 Å². The standard InChI is InChI=1S/C23H23NOS/c25-22(20-10-8-19(9-11-20)18-6-2-1-3-7-18)24-17-23(13-4-5-14-23)21-12-15-26-16-21/h1-3,6-12,15-16H,4-5,13-14,17H2,(H,24,25). The van der Waals surface area contributed by atoms with E-state index in [4.69, 9.17) is 0 Å². The molecule has 1 fully saturated rings. The molecule has 0 aliphatic heterocycles. The minimum absolute atomic E-state index is 0.0196. The van der Waals surface area contributed by atoms with Crippen LogP contribution < -0.4 is 5.32 Å². The maximum atomic E-state index is 12.7. The molecule has 2 aromatic carbocycles. The second-order valence-corrected chi connectivity index (χ2v) is 7.91. The molecule has 3 heteroatoms. The van der Waals surface area contributed by atoms with Crippen LogP contribution in [0.1, 0.15) is 41.6 Å². The first-order valence-corrected chi connectivity index (χ1v) is 10.2. The van der Waals surface area contributed by atoms with Crippen LogP contribution in [0, 0.1) is 0 Å². The van der Waals surface area contributed by atoms with Gasteiger partial charge in [0.15, 0.2) is 0 Å². The van der Waals surface area contributed by atoms with Crippen LogP contribution >= 0.6 is 11.3 Å². The van der Waals surface area contributed by atoms with Crippen LogP contribution in [0.15, 0.2) is 71.4 Å². The summed E-state index contributed by atoms with van der Waals surface area (Å²) in [5.74, 6) is 0.0196. The highest BCUT2D eigenvalue weighted by molar-refractivity contribution is 7.08. The van der Waals surface area contributed by atoms with E-state index in [-0.39, 0.29) is 11.3 Å². The van der Waals surface area contributed by atoms with Crippen molar-refractivity contribution < 1.29 is 4.79 Å². The van der Waals surface area contributed by atoms with Crippen molar-refractivity contribution >= 4 is 17.2 Å². The van der Waals surface area contributed by atoms with Crippen molar-refractivity contribution in [3.63, 3.8) is 0 Å². The molecule has 1 saturated carbocycles. The van der Waals surface area contributed by atoms with Gasteiger partial charge in [0.1, 0.15) is 0 Å². The Morgan fingerprint density at radius 1 is 0.923 bits per heavy atom. The summed E-state index contributed by atoms with van der Waals surface area (Å²) in [4.78, 5) is 12.7. The first-order chi connectivity index (χ1) is 12.8. The van der Waals surface area contributed by atoms with Crippen LogP contribution in [-0.4, -0.2) is 12.5 Å². The lowest BCUT2D eigenvalue weighted by Gasteiger charge is -2.28. The Morgan fingerprint density at radius 3 is 2.27 bits per heavy atom. The number of benzene rings is 2. The van der Waals surface area contributed by atoms with Gasteiger partial charge >= 0.3 is 0 Å². The quantitative estimate of drug-likeness (QED) is 0.624. The molecule has 0 unspecified atom stereocenters. The first-order valence-electron chi connectivity index (χ1n) is 9.23. The molecule has 1 amide bonds. The van der Waals surface area contributed by atoms with Crippen molar-refractivity contribution in [3.05, 3.63) is 82.6 Å². The molecule has 1 N–H and O–H groups in total. The van der Waals surface area contributed by atoms with Gasteiger partial charge in [0.05, 0.1) is 0 Å². The third-order valence-electron chi connectivity index (χ3n) is 5.54. The van der Waals surface area contributed by atoms with Gasteiger partial charge in [0.25, 0.3) is 5.91 Å². The molecule has 1 heterocycles. The fourth-order valence-corrected chi connectivity index (χ4v) is 4.76. The van der Waals surface area contributed by atoms with Gasteiger partial charge < -0.3 is 5.32 Å². The lowest BCUT2D eigenvalue weighted by Crippen LogP contribution is -2.38. The van der Waals surface area contributed by atoms with Gasteiger partial charge in [0, 0.05) is 17.5 Å². The molecule has 26 heavy (non-hydrogen) atoms. The number of amides is 1. The normalized spacial score (nSPS) is 15.7.